The van der Waals surface area contributed by atoms with E-state index in [1.165, 1.54) is 96.3 Å². The number of nitrogens with one attached hydrogen (secondary N) is 1. The molecule has 0 aliphatic rings. The predicted octanol–water partition coefficient (Wildman–Crippen LogP) is 6.66. The van der Waals surface area contributed by atoms with E-state index in [0.29, 0.717) is 0 Å². The molecule has 0 aromatic rings. The standard InChI is InChI=1S/C23H49NO2/c1-3-5-7-9-10-11-12-13-14-15-16-17-19-21-23(26)24-22(25)20-18-8-6-4-2/h22-26H,3-21H2,1-2H3. The van der Waals surface area contributed by atoms with Crippen LogP contribution in [0.15, 0.2) is 0 Å². The molecule has 26 heavy (non-hydrogen) atoms. The number of aliphatic hydroxyl groups is 2. The lowest BCUT2D eigenvalue weighted by Crippen LogP contribution is -2.38. The van der Waals surface area contributed by atoms with Gasteiger partial charge in [0.05, 0.1) is 0 Å². The molecule has 0 aliphatic heterocycles. The van der Waals surface area contributed by atoms with Gasteiger partial charge in [-0.05, 0) is 25.7 Å². The molecule has 0 amide bonds. The fraction of sp³-hybridized carbons (Fsp3) is 1.00. The van der Waals surface area contributed by atoms with Crippen LogP contribution in [0.25, 0.3) is 0 Å². The smallest absolute Gasteiger partial charge is 0.106 e. The highest BCUT2D eigenvalue weighted by Crippen LogP contribution is 2.13. The van der Waals surface area contributed by atoms with E-state index < -0.39 is 12.5 Å². The number of unbranched alkanes of at least 4 members (excludes halogenated alkanes) is 15. The van der Waals surface area contributed by atoms with Gasteiger partial charge in [0.2, 0.25) is 0 Å². The largest absolute Gasteiger partial charge is 0.379 e. The first-order valence-corrected chi connectivity index (χ1v) is 11.8. The van der Waals surface area contributed by atoms with Crippen molar-refractivity contribution in [2.45, 2.75) is 148 Å². The molecule has 0 bridgehead atoms. The Morgan fingerprint density at radius 3 is 1.08 bits per heavy atom. The first kappa shape index (κ1) is 25.9. The lowest BCUT2D eigenvalue weighted by molar-refractivity contribution is 0.0310. The molecule has 2 atom stereocenters. The Hall–Kier alpha value is -0.120. The molecule has 0 rings (SSSR count). The Morgan fingerprint density at radius 2 is 0.731 bits per heavy atom. The number of hydrogen-bond acceptors (Lipinski definition) is 3. The molecule has 0 aromatic heterocycles. The topological polar surface area (TPSA) is 52.5 Å². The molecule has 3 N–H and O–H groups in total. The van der Waals surface area contributed by atoms with Crippen LogP contribution in [-0.2, 0) is 0 Å². The van der Waals surface area contributed by atoms with Gasteiger partial charge in [0.25, 0.3) is 0 Å². The second-order valence-corrected chi connectivity index (χ2v) is 8.08. The van der Waals surface area contributed by atoms with Gasteiger partial charge in [0, 0.05) is 0 Å². The number of rotatable bonds is 21. The fourth-order valence-electron chi connectivity index (χ4n) is 3.51. The Bertz CT molecular complexity index is 261. The maximum Gasteiger partial charge on any atom is 0.106 e. The molecule has 2 unspecified atom stereocenters. The minimum atomic E-state index is -0.552. The minimum Gasteiger partial charge on any atom is -0.379 e. The Balaban J connectivity index is 3.23. The van der Waals surface area contributed by atoms with E-state index in [1.807, 2.05) is 0 Å². The second-order valence-electron chi connectivity index (χ2n) is 8.08. The number of hydrogen-bond donors (Lipinski definition) is 3. The van der Waals surface area contributed by atoms with E-state index >= 15 is 0 Å². The summed E-state index contributed by atoms with van der Waals surface area (Å²) in [7, 11) is 0. The summed E-state index contributed by atoms with van der Waals surface area (Å²) < 4.78 is 0. The highest BCUT2D eigenvalue weighted by molar-refractivity contribution is 4.59. The molecule has 158 valence electrons. The van der Waals surface area contributed by atoms with Gasteiger partial charge in [-0.15, -0.1) is 0 Å². The molecule has 0 heterocycles. The van der Waals surface area contributed by atoms with Gasteiger partial charge >= 0.3 is 0 Å². The van der Waals surface area contributed by atoms with E-state index in [9.17, 15) is 10.2 Å². The van der Waals surface area contributed by atoms with Crippen LogP contribution in [0, 0.1) is 0 Å². The van der Waals surface area contributed by atoms with E-state index in [0.717, 1.165) is 25.7 Å². The van der Waals surface area contributed by atoms with Gasteiger partial charge in [-0.25, -0.2) is 0 Å². The maximum atomic E-state index is 9.93. The number of aliphatic hydroxyl groups excluding tert-OH is 2. The van der Waals surface area contributed by atoms with Crippen molar-refractivity contribution in [1.82, 2.24) is 5.32 Å². The highest BCUT2D eigenvalue weighted by Gasteiger charge is 2.09. The zero-order valence-corrected chi connectivity index (χ0v) is 18.0. The summed E-state index contributed by atoms with van der Waals surface area (Å²) in [4.78, 5) is 0. The third-order valence-corrected chi connectivity index (χ3v) is 5.30. The van der Waals surface area contributed by atoms with Gasteiger partial charge in [0.15, 0.2) is 0 Å². The summed E-state index contributed by atoms with van der Waals surface area (Å²) >= 11 is 0. The van der Waals surface area contributed by atoms with Crippen LogP contribution in [0.3, 0.4) is 0 Å². The molecular weight excluding hydrogens is 322 g/mol. The zero-order valence-electron chi connectivity index (χ0n) is 18.0. The maximum absolute atomic E-state index is 9.93. The minimum absolute atomic E-state index is 0.552. The normalized spacial score (nSPS) is 13.8. The SMILES string of the molecule is CCCCCCCCCCCCCCCC(O)NC(O)CCCCCC. The third kappa shape index (κ3) is 20.2. The van der Waals surface area contributed by atoms with Crippen molar-refractivity contribution in [3.8, 4) is 0 Å². The van der Waals surface area contributed by atoms with Crippen LogP contribution < -0.4 is 5.32 Å². The van der Waals surface area contributed by atoms with Crippen LogP contribution in [0.5, 0.6) is 0 Å². The second kappa shape index (κ2) is 21.2. The molecule has 0 aliphatic carbocycles. The van der Waals surface area contributed by atoms with Crippen molar-refractivity contribution < 1.29 is 10.2 Å². The molecule has 0 spiro atoms. The first-order chi connectivity index (χ1) is 12.7. The van der Waals surface area contributed by atoms with Gasteiger partial charge in [-0.1, -0.05) is 110 Å². The Kier molecular flexibility index (Phi) is 21.1. The lowest BCUT2D eigenvalue weighted by Gasteiger charge is -2.18. The molecule has 3 nitrogen and oxygen atoms in total. The zero-order chi connectivity index (χ0) is 19.3. The summed E-state index contributed by atoms with van der Waals surface area (Å²) in [5.41, 5.74) is 0. The van der Waals surface area contributed by atoms with Crippen molar-refractivity contribution in [2.75, 3.05) is 0 Å². The summed E-state index contributed by atoms with van der Waals surface area (Å²) in [5.74, 6) is 0. The van der Waals surface area contributed by atoms with E-state index in [1.54, 1.807) is 0 Å². The summed E-state index contributed by atoms with van der Waals surface area (Å²) in [6.45, 7) is 4.46. The summed E-state index contributed by atoms with van der Waals surface area (Å²) in [6.07, 6.45) is 22.5. The molecular formula is C23H49NO2. The predicted molar refractivity (Wildman–Crippen MR) is 114 cm³/mol. The lowest BCUT2D eigenvalue weighted by atomic mass is 10.0. The fourth-order valence-corrected chi connectivity index (χ4v) is 3.51. The highest BCUT2D eigenvalue weighted by atomic mass is 16.3. The van der Waals surface area contributed by atoms with Crippen molar-refractivity contribution >= 4 is 0 Å². The Labute approximate surface area is 164 Å². The van der Waals surface area contributed by atoms with E-state index in [2.05, 4.69) is 19.2 Å². The third-order valence-electron chi connectivity index (χ3n) is 5.30. The molecule has 3 heteroatoms. The molecule has 0 fully saturated rings. The average molecular weight is 372 g/mol. The van der Waals surface area contributed by atoms with Crippen LogP contribution in [0.1, 0.15) is 136 Å². The molecule has 0 saturated carbocycles. The molecule has 0 aromatic carbocycles. The van der Waals surface area contributed by atoms with Crippen LogP contribution >= 0.6 is 0 Å². The first-order valence-electron chi connectivity index (χ1n) is 11.8. The Morgan fingerprint density at radius 1 is 0.462 bits per heavy atom. The van der Waals surface area contributed by atoms with Crippen molar-refractivity contribution in [3.63, 3.8) is 0 Å². The summed E-state index contributed by atoms with van der Waals surface area (Å²) in [5, 5.41) is 22.7. The molecule has 0 saturated heterocycles. The van der Waals surface area contributed by atoms with Crippen molar-refractivity contribution in [3.05, 3.63) is 0 Å². The monoisotopic (exact) mass is 371 g/mol. The van der Waals surface area contributed by atoms with Gasteiger partial charge in [0.1, 0.15) is 12.5 Å². The van der Waals surface area contributed by atoms with Crippen LogP contribution in [0.4, 0.5) is 0 Å². The quantitative estimate of drug-likeness (QED) is 0.156. The van der Waals surface area contributed by atoms with Gasteiger partial charge < -0.3 is 10.2 Å². The van der Waals surface area contributed by atoms with E-state index in [4.69, 9.17) is 0 Å². The van der Waals surface area contributed by atoms with E-state index in [-0.39, 0.29) is 0 Å². The van der Waals surface area contributed by atoms with Crippen molar-refractivity contribution in [1.29, 1.82) is 0 Å². The van der Waals surface area contributed by atoms with Crippen LogP contribution in [-0.4, -0.2) is 22.7 Å². The summed E-state index contributed by atoms with van der Waals surface area (Å²) in [6, 6.07) is 0. The van der Waals surface area contributed by atoms with Gasteiger partial charge in [-0.2, -0.15) is 0 Å². The van der Waals surface area contributed by atoms with Crippen molar-refractivity contribution in [2.24, 2.45) is 0 Å². The van der Waals surface area contributed by atoms with Gasteiger partial charge in [-0.3, -0.25) is 5.32 Å². The van der Waals surface area contributed by atoms with Crippen LogP contribution in [0.2, 0.25) is 0 Å². The molecule has 0 radical (unpaired) electrons. The average Bonchev–Trinajstić information content (AvgIpc) is 2.62.